The Morgan fingerprint density at radius 1 is 1.35 bits per heavy atom. The van der Waals surface area contributed by atoms with Gasteiger partial charge >= 0.3 is 0 Å². The van der Waals surface area contributed by atoms with Crippen molar-refractivity contribution in [3.8, 4) is 0 Å². The summed E-state index contributed by atoms with van der Waals surface area (Å²) in [4.78, 5) is 0. The predicted molar refractivity (Wildman–Crippen MR) is 77.0 cm³/mol. The van der Waals surface area contributed by atoms with Crippen molar-refractivity contribution in [2.75, 3.05) is 13.1 Å². The maximum absolute atomic E-state index is 6.19. The summed E-state index contributed by atoms with van der Waals surface area (Å²) >= 11 is 12.4. The minimum absolute atomic E-state index is 0.0371. The van der Waals surface area contributed by atoms with E-state index in [1.807, 2.05) is 24.3 Å². The maximum atomic E-state index is 6.19. The number of rotatable bonds is 6. The van der Waals surface area contributed by atoms with Crippen molar-refractivity contribution in [1.82, 2.24) is 5.32 Å². The molecule has 0 aliphatic rings. The van der Waals surface area contributed by atoms with Crippen LogP contribution in [-0.4, -0.2) is 13.1 Å². The molecule has 3 heteroatoms. The molecule has 1 N–H and O–H groups in total. The van der Waals surface area contributed by atoms with Crippen LogP contribution < -0.4 is 5.32 Å². The summed E-state index contributed by atoms with van der Waals surface area (Å²) in [5, 5.41) is 4.79. The largest absolute Gasteiger partial charge is 0.316 e. The van der Waals surface area contributed by atoms with Crippen LogP contribution in [-0.2, 0) is 6.42 Å². The first kappa shape index (κ1) is 14.6. The Hall–Kier alpha value is -0.500. The maximum Gasteiger partial charge on any atom is 0.0453 e. The van der Waals surface area contributed by atoms with Gasteiger partial charge in [-0.05, 0) is 30.7 Å². The molecule has 0 heterocycles. The van der Waals surface area contributed by atoms with Crippen molar-refractivity contribution in [2.24, 2.45) is 5.41 Å². The zero-order chi connectivity index (χ0) is 12.9. The number of nitrogens with one attached hydrogen (secondary N) is 1. The van der Waals surface area contributed by atoms with Gasteiger partial charge in [0.15, 0.2) is 0 Å². The predicted octanol–water partition coefficient (Wildman–Crippen LogP) is 4.34. The van der Waals surface area contributed by atoms with Gasteiger partial charge in [0.25, 0.3) is 0 Å². The van der Waals surface area contributed by atoms with E-state index in [9.17, 15) is 0 Å². The second-order valence-corrected chi connectivity index (χ2v) is 5.33. The first-order valence-electron chi connectivity index (χ1n) is 5.79. The number of benzene rings is 1. The molecule has 0 fully saturated rings. The zero-order valence-electron chi connectivity index (χ0n) is 10.4. The third kappa shape index (κ3) is 4.02. The van der Waals surface area contributed by atoms with Gasteiger partial charge in [-0.1, -0.05) is 49.2 Å². The van der Waals surface area contributed by atoms with Crippen LogP contribution in [0.3, 0.4) is 0 Å². The second-order valence-electron chi connectivity index (χ2n) is 4.52. The summed E-state index contributed by atoms with van der Waals surface area (Å²) in [6.07, 6.45) is 2.76. The fourth-order valence-electron chi connectivity index (χ4n) is 1.72. The third-order valence-electron chi connectivity index (χ3n) is 2.91. The second kappa shape index (κ2) is 6.44. The van der Waals surface area contributed by atoms with Gasteiger partial charge in [0.05, 0.1) is 0 Å². The summed E-state index contributed by atoms with van der Waals surface area (Å²) in [6, 6.07) is 5.61. The molecule has 17 heavy (non-hydrogen) atoms. The average molecular weight is 272 g/mol. The highest BCUT2D eigenvalue weighted by Crippen LogP contribution is 2.32. The van der Waals surface area contributed by atoms with Crippen molar-refractivity contribution < 1.29 is 0 Å². The van der Waals surface area contributed by atoms with Crippen LogP contribution in [0, 0.1) is 5.41 Å². The monoisotopic (exact) mass is 271 g/mol. The Labute approximate surface area is 114 Å². The molecule has 0 saturated heterocycles. The lowest BCUT2D eigenvalue weighted by Crippen LogP contribution is -2.32. The van der Waals surface area contributed by atoms with Gasteiger partial charge in [-0.15, -0.1) is 6.58 Å². The lowest BCUT2D eigenvalue weighted by Gasteiger charge is -2.27. The first-order valence-corrected chi connectivity index (χ1v) is 6.55. The van der Waals surface area contributed by atoms with Crippen molar-refractivity contribution in [1.29, 1.82) is 0 Å². The van der Waals surface area contributed by atoms with Crippen LogP contribution in [0.1, 0.15) is 19.4 Å². The smallest absolute Gasteiger partial charge is 0.0453 e. The molecule has 1 aromatic rings. The van der Waals surface area contributed by atoms with Crippen LogP contribution in [0.15, 0.2) is 30.9 Å². The van der Waals surface area contributed by atoms with Gasteiger partial charge in [0, 0.05) is 22.0 Å². The molecule has 0 amide bonds. The van der Waals surface area contributed by atoms with Gasteiger partial charge in [0.2, 0.25) is 0 Å². The zero-order valence-corrected chi connectivity index (χ0v) is 11.9. The van der Waals surface area contributed by atoms with Gasteiger partial charge in [-0.3, -0.25) is 0 Å². The molecule has 0 aliphatic heterocycles. The molecule has 1 aromatic carbocycles. The average Bonchev–Trinajstić information content (AvgIpc) is 2.32. The van der Waals surface area contributed by atoms with Crippen LogP contribution in [0.2, 0.25) is 10.0 Å². The molecular weight excluding hydrogens is 253 g/mol. The minimum Gasteiger partial charge on any atom is -0.316 e. The van der Waals surface area contributed by atoms with Crippen LogP contribution in [0.5, 0.6) is 0 Å². The van der Waals surface area contributed by atoms with E-state index >= 15 is 0 Å². The van der Waals surface area contributed by atoms with Gasteiger partial charge in [-0.2, -0.15) is 0 Å². The normalized spacial score (nSPS) is 14.4. The third-order valence-corrected chi connectivity index (χ3v) is 3.62. The van der Waals surface area contributed by atoms with Crippen molar-refractivity contribution in [2.45, 2.75) is 20.3 Å². The van der Waals surface area contributed by atoms with Crippen molar-refractivity contribution in [3.63, 3.8) is 0 Å². The summed E-state index contributed by atoms with van der Waals surface area (Å²) in [5.74, 6) is 0. The molecule has 1 rings (SSSR count). The van der Waals surface area contributed by atoms with E-state index in [4.69, 9.17) is 23.2 Å². The summed E-state index contributed by atoms with van der Waals surface area (Å²) in [6.45, 7) is 9.97. The van der Waals surface area contributed by atoms with E-state index < -0.39 is 0 Å². The number of hydrogen-bond acceptors (Lipinski definition) is 1. The van der Waals surface area contributed by atoms with E-state index in [1.54, 1.807) is 0 Å². The molecule has 0 aromatic heterocycles. The van der Waals surface area contributed by atoms with Gasteiger partial charge in [-0.25, -0.2) is 0 Å². The summed E-state index contributed by atoms with van der Waals surface area (Å²) < 4.78 is 0. The van der Waals surface area contributed by atoms with Crippen LogP contribution in [0.4, 0.5) is 0 Å². The Balaban J connectivity index is 2.90. The molecule has 0 radical (unpaired) electrons. The molecule has 1 atom stereocenters. The highest BCUT2D eigenvalue weighted by molar-refractivity contribution is 6.36. The Morgan fingerprint density at radius 3 is 2.41 bits per heavy atom. The summed E-state index contributed by atoms with van der Waals surface area (Å²) in [7, 11) is 0. The quantitative estimate of drug-likeness (QED) is 0.760. The molecule has 1 nitrogen and oxygen atoms in total. The van der Waals surface area contributed by atoms with E-state index in [0.717, 1.165) is 35.1 Å². The molecule has 0 aliphatic carbocycles. The van der Waals surface area contributed by atoms with E-state index in [2.05, 4.69) is 25.7 Å². The minimum atomic E-state index is -0.0371. The first-order chi connectivity index (χ1) is 8.02. The van der Waals surface area contributed by atoms with E-state index in [-0.39, 0.29) is 5.41 Å². The van der Waals surface area contributed by atoms with Crippen LogP contribution >= 0.6 is 23.2 Å². The standard InChI is InChI=1S/C14H19Cl2N/c1-4-14(3,10-17-5-2)9-11-12(15)7-6-8-13(11)16/h4,6-8,17H,1,5,9-10H2,2-3H3. The van der Waals surface area contributed by atoms with Gasteiger partial charge in [0.1, 0.15) is 0 Å². The summed E-state index contributed by atoms with van der Waals surface area (Å²) in [5.41, 5.74) is 0.959. The number of hydrogen-bond donors (Lipinski definition) is 1. The Morgan fingerprint density at radius 2 is 1.94 bits per heavy atom. The molecule has 0 saturated carbocycles. The molecule has 1 unspecified atom stereocenters. The lowest BCUT2D eigenvalue weighted by molar-refractivity contribution is 0.396. The fraction of sp³-hybridized carbons (Fsp3) is 0.429. The van der Waals surface area contributed by atoms with E-state index in [0.29, 0.717) is 0 Å². The highest BCUT2D eigenvalue weighted by atomic mass is 35.5. The van der Waals surface area contributed by atoms with Crippen LogP contribution in [0.25, 0.3) is 0 Å². The molecular formula is C14H19Cl2N. The van der Waals surface area contributed by atoms with Crippen molar-refractivity contribution >= 4 is 23.2 Å². The SMILES string of the molecule is C=CC(C)(CNCC)Cc1c(Cl)cccc1Cl. The topological polar surface area (TPSA) is 12.0 Å². The van der Waals surface area contributed by atoms with E-state index in [1.165, 1.54) is 0 Å². The van der Waals surface area contributed by atoms with Gasteiger partial charge < -0.3 is 5.32 Å². The highest BCUT2D eigenvalue weighted by Gasteiger charge is 2.22. The fourth-order valence-corrected chi connectivity index (χ4v) is 2.25. The Bertz CT molecular complexity index is 370. The Kier molecular flexibility index (Phi) is 5.51. The lowest BCUT2D eigenvalue weighted by atomic mass is 9.83. The van der Waals surface area contributed by atoms with Crippen molar-refractivity contribution in [3.05, 3.63) is 46.5 Å². The molecule has 0 spiro atoms. The number of halogens is 2. The molecule has 94 valence electrons. The molecule has 0 bridgehead atoms.